The molecule has 0 aromatic heterocycles. The van der Waals surface area contributed by atoms with Gasteiger partial charge in [0.25, 0.3) is 5.91 Å². The summed E-state index contributed by atoms with van der Waals surface area (Å²) in [4.78, 5) is 12.4. The van der Waals surface area contributed by atoms with Crippen LogP contribution in [0.1, 0.15) is 15.9 Å². The third-order valence-electron chi connectivity index (χ3n) is 3.91. The Hall–Kier alpha value is -3.01. The summed E-state index contributed by atoms with van der Waals surface area (Å²) < 4.78 is 10.5. The molecule has 0 atom stereocenters. The Morgan fingerprint density at radius 3 is 2.38 bits per heavy atom. The molecule has 4 nitrogen and oxygen atoms in total. The van der Waals surface area contributed by atoms with E-state index in [0.717, 1.165) is 16.3 Å². The summed E-state index contributed by atoms with van der Waals surface area (Å²) in [6, 6.07) is 19.3. The maximum atomic E-state index is 12.4. The maximum Gasteiger partial charge on any atom is 0.251 e. The van der Waals surface area contributed by atoms with Gasteiger partial charge in [-0.2, -0.15) is 0 Å². The van der Waals surface area contributed by atoms with E-state index in [2.05, 4.69) is 5.32 Å². The molecule has 0 heterocycles. The van der Waals surface area contributed by atoms with Crippen molar-refractivity contribution >= 4 is 16.7 Å². The van der Waals surface area contributed by atoms with Gasteiger partial charge in [0.05, 0.1) is 14.2 Å². The third kappa shape index (κ3) is 3.33. The number of benzene rings is 3. The van der Waals surface area contributed by atoms with Crippen molar-refractivity contribution in [2.45, 2.75) is 6.54 Å². The number of amides is 1. The van der Waals surface area contributed by atoms with Crippen LogP contribution in [0.15, 0.2) is 60.7 Å². The van der Waals surface area contributed by atoms with Crippen molar-refractivity contribution in [1.29, 1.82) is 0 Å². The molecular weight excluding hydrogens is 302 g/mol. The van der Waals surface area contributed by atoms with Crippen LogP contribution in [0.4, 0.5) is 0 Å². The second-order valence-corrected chi connectivity index (χ2v) is 5.43. The summed E-state index contributed by atoms with van der Waals surface area (Å²) in [7, 11) is 3.19. The third-order valence-corrected chi connectivity index (χ3v) is 3.91. The number of carbonyl (C=O) groups excluding carboxylic acids is 1. The lowest BCUT2D eigenvalue weighted by atomic mass is 10.1. The van der Waals surface area contributed by atoms with Gasteiger partial charge in [0.15, 0.2) is 11.5 Å². The number of methoxy groups -OCH3 is 2. The quantitative estimate of drug-likeness (QED) is 0.778. The molecule has 3 aromatic rings. The van der Waals surface area contributed by atoms with Crippen LogP contribution in [0.5, 0.6) is 11.5 Å². The van der Waals surface area contributed by atoms with E-state index in [1.807, 2.05) is 60.7 Å². The number of carbonyl (C=O) groups is 1. The summed E-state index contributed by atoms with van der Waals surface area (Å²) in [5.74, 6) is 1.22. The SMILES string of the molecule is COc1ccc(CNC(=O)c2ccc3ccccc3c2)cc1OC. The van der Waals surface area contributed by atoms with E-state index >= 15 is 0 Å². The van der Waals surface area contributed by atoms with E-state index in [0.29, 0.717) is 23.6 Å². The highest BCUT2D eigenvalue weighted by molar-refractivity contribution is 5.98. The molecule has 0 radical (unpaired) electrons. The van der Waals surface area contributed by atoms with Crippen LogP contribution in [-0.4, -0.2) is 20.1 Å². The van der Waals surface area contributed by atoms with E-state index in [1.165, 1.54) is 0 Å². The summed E-state index contributed by atoms with van der Waals surface area (Å²) >= 11 is 0. The van der Waals surface area contributed by atoms with Gasteiger partial charge < -0.3 is 14.8 Å². The van der Waals surface area contributed by atoms with E-state index in [-0.39, 0.29) is 5.91 Å². The Labute approximate surface area is 141 Å². The second kappa shape index (κ2) is 7.04. The van der Waals surface area contributed by atoms with Gasteiger partial charge in [-0.05, 0) is 40.6 Å². The first-order chi connectivity index (χ1) is 11.7. The Morgan fingerprint density at radius 1 is 0.875 bits per heavy atom. The van der Waals surface area contributed by atoms with E-state index in [9.17, 15) is 4.79 Å². The van der Waals surface area contributed by atoms with Crippen molar-refractivity contribution in [2.24, 2.45) is 0 Å². The molecule has 1 amide bonds. The fourth-order valence-corrected chi connectivity index (χ4v) is 2.61. The number of rotatable bonds is 5. The van der Waals surface area contributed by atoms with Gasteiger partial charge in [-0.25, -0.2) is 0 Å². The molecule has 0 fully saturated rings. The molecule has 4 heteroatoms. The topological polar surface area (TPSA) is 47.6 Å². The highest BCUT2D eigenvalue weighted by Gasteiger charge is 2.08. The van der Waals surface area contributed by atoms with Gasteiger partial charge in [-0.1, -0.05) is 36.4 Å². The van der Waals surface area contributed by atoms with Crippen LogP contribution in [0.25, 0.3) is 10.8 Å². The lowest BCUT2D eigenvalue weighted by Crippen LogP contribution is -2.22. The number of nitrogens with one attached hydrogen (secondary N) is 1. The Morgan fingerprint density at radius 2 is 1.62 bits per heavy atom. The van der Waals surface area contributed by atoms with Crippen molar-refractivity contribution in [3.05, 3.63) is 71.8 Å². The summed E-state index contributed by atoms with van der Waals surface area (Å²) in [5, 5.41) is 5.10. The smallest absolute Gasteiger partial charge is 0.251 e. The molecule has 0 aliphatic rings. The van der Waals surface area contributed by atoms with Gasteiger partial charge >= 0.3 is 0 Å². The van der Waals surface area contributed by atoms with E-state index in [4.69, 9.17) is 9.47 Å². The Balaban J connectivity index is 1.72. The highest BCUT2D eigenvalue weighted by Crippen LogP contribution is 2.27. The monoisotopic (exact) mass is 321 g/mol. The first-order valence-electron chi connectivity index (χ1n) is 7.69. The minimum Gasteiger partial charge on any atom is -0.493 e. The zero-order chi connectivity index (χ0) is 16.9. The van der Waals surface area contributed by atoms with Crippen LogP contribution in [0.3, 0.4) is 0 Å². The largest absolute Gasteiger partial charge is 0.493 e. The van der Waals surface area contributed by atoms with Gasteiger partial charge in [-0.3, -0.25) is 4.79 Å². The molecule has 1 N–H and O–H groups in total. The fraction of sp³-hybridized carbons (Fsp3) is 0.150. The van der Waals surface area contributed by atoms with E-state index < -0.39 is 0 Å². The van der Waals surface area contributed by atoms with Crippen molar-refractivity contribution in [3.8, 4) is 11.5 Å². The average molecular weight is 321 g/mol. The molecule has 122 valence electrons. The number of hydrogen-bond acceptors (Lipinski definition) is 3. The van der Waals surface area contributed by atoms with Crippen LogP contribution >= 0.6 is 0 Å². The number of ether oxygens (including phenoxy) is 2. The molecule has 0 aliphatic carbocycles. The average Bonchev–Trinajstić information content (AvgIpc) is 2.65. The van der Waals surface area contributed by atoms with Crippen LogP contribution in [0, 0.1) is 0 Å². The first kappa shape index (κ1) is 15.9. The lowest BCUT2D eigenvalue weighted by molar-refractivity contribution is 0.0951. The van der Waals surface area contributed by atoms with Gasteiger partial charge in [-0.15, -0.1) is 0 Å². The van der Waals surface area contributed by atoms with Crippen molar-refractivity contribution in [3.63, 3.8) is 0 Å². The fourth-order valence-electron chi connectivity index (χ4n) is 2.61. The van der Waals surface area contributed by atoms with Crippen LogP contribution < -0.4 is 14.8 Å². The normalized spacial score (nSPS) is 10.4. The highest BCUT2D eigenvalue weighted by atomic mass is 16.5. The molecule has 0 saturated carbocycles. The van der Waals surface area contributed by atoms with Gasteiger partial charge in [0.1, 0.15) is 0 Å². The van der Waals surface area contributed by atoms with Crippen molar-refractivity contribution in [2.75, 3.05) is 14.2 Å². The lowest BCUT2D eigenvalue weighted by Gasteiger charge is -2.10. The standard InChI is InChI=1S/C20H19NO3/c1-23-18-10-7-14(11-19(18)24-2)13-21-20(22)17-9-8-15-5-3-4-6-16(15)12-17/h3-12H,13H2,1-2H3,(H,21,22). The molecule has 3 aromatic carbocycles. The summed E-state index contributed by atoms with van der Waals surface area (Å²) in [6.07, 6.45) is 0. The summed E-state index contributed by atoms with van der Waals surface area (Å²) in [6.45, 7) is 0.423. The number of fused-ring (bicyclic) bond motifs is 1. The van der Waals surface area contributed by atoms with Crippen LogP contribution in [-0.2, 0) is 6.54 Å². The van der Waals surface area contributed by atoms with Crippen molar-refractivity contribution < 1.29 is 14.3 Å². The van der Waals surface area contributed by atoms with E-state index in [1.54, 1.807) is 14.2 Å². The van der Waals surface area contributed by atoms with Gasteiger partial charge in [0, 0.05) is 12.1 Å². The predicted octanol–water partition coefficient (Wildman–Crippen LogP) is 3.79. The molecule has 0 saturated heterocycles. The Bertz CT molecular complexity index is 874. The first-order valence-corrected chi connectivity index (χ1v) is 7.69. The zero-order valence-corrected chi connectivity index (χ0v) is 13.7. The number of hydrogen-bond donors (Lipinski definition) is 1. The van der Waals surface area contributed by atoms with Crippen molar-refractivity contribution in [1.82, 2.24) is 5.32 Å². The second-order valence-electron chi connectivity index (χ2n) is 5.43. The Kier molecular flexibility index (Phi) is 4.66. The van der Waals surface area contributed by atoms with Gasteiger partial charge in [0.2, 0.25) is 0 Å². The molecule has 0 bridgehead atoms. The zero-order valence-electron chi connectivity index (χ0n) is 13.7. The molecule has 24 heavy (non-hydrogen) atoms. The van der Waals surface area contributed by atoms with Crippen LogP contribution in [0.2, 0.25) is 0 Å². The summed E-state index contributed by atoms with van der Waals surface area (Å²) in [5.41, 5.74) is 1.59. The minimum atomic E-state index is -0.101. The maximum absolute atomic E-state index is 12.4. The molecule has 0 aliphatic heterocycles. The molecular formula is C20H19NO3. The molecule has 0 unspecified atom stereocenters. The minimum absolute atomic E-state index is 0.101. The predicted molar refractivity (Wildman–Crippen MR) is 94.7 cm³/mol. The molecule has 0 spiro atoms. The molecule has 3 rings (SSSR count).